The Hall–Kier alpha value is -5.88. The fraction of sp³-hybridized carbons (Fsp3) is 0.631. The quantitative estimate of drug-likeness (QED) is 0.109. The average Bonchev–Trinajstić information content (AvgIpc) is 3.72. The summed E-state index contributed by atoms with van der Waals surface area (Å²) in [6.07, 6.45) is 18.3. The van der Waals surface area contributed by atoms with Crippen molar-refractivity contribution in [2.24, 2.45) is 34.5 Å². The summed E-state index contributed by atoms with van der Waals surface area (Å²) in [5.74, 6) is 0.365. The number of aryl methyl sites for hydroxylation is 2. The number of carboxylic acid groups (broad SMARTS) is 1. The standard InChI is InChI=1S/2C11H12O2.C9H18.C7H12O.C6H8O3.C6H8.C4H6O3.C4H10O2.C3H9N.C2H4O2.C2H6O/c1-8-4-5-10-9(7-8)3-2-6-13-11(10)12;1-8-6-7-11(12)13-10-5-3-2-4-9(8)10;1-8-4-6-9(2,3)7-5-8;1-5-4-6(8)7(5,2)3;1-4-2-5(7)9-6(8)3-4;1-6-4-2-3-5-6;1-3(5)7-4(2)6;1-4(2-5)3-6;1-4(2)3;1-2(3)4;1-3-2/h4-5,7H,2-3,6H2,1H3;2-5,8H,6-7H2,1H3;8H,4-7H2,1-3H3;5H,4H2,1-3H3;4H,2-3H2,1H3;2,4-5H,3H2,1H3;1-2H3;4-6H,2-3H2,1H3;1-3H3;1H3,(H,3,4);1-2H3. The predicted molar refractivity (Wildman–Crippen MR) is 322 cm³/mol. The first-order chi connectivity index (χ1) is 38.1. The maximum Gasteiger partial charge on any atom is 0.338 e. The molecule has 466 valence electrons. The molecule has 3 aliphatic heterocycles. The van der Waals surface area contributed by atoms with Gasteiger partial charge in [-0.25, -0.2) is 4.79 Å². The Labute approximate surface area is 491 Å². The molecule has 2 unspecified atom stereocenters. The van der Waals surface area contributed by atoms with E-state index in [1.807, 2.05) is 90.1 Å². The number of fused-ring (bicyclic) bond motifs is 2. The minimum absolute atomic E-state index is 0. The smallest absolute Gasteiger partial charge is 0.338 e. The molecule has 3 fully saturated rings. The first-order valence-corrected chi connectivity index (χ1v) is 28.4. The van der Waals surface area contributed by atoms with Gasteiger partial charge in [-0.05, 0) is 126 Å². The van der Waals surface area contributed by atoms with E-state index >= 15 is 0 Å². The molecular weight excluding hydrogens is 1050 g/mol. The van der Waals surface area contributed by atoms with E-state index in [-0.39, 0.29) is 42.4 Å². The number of ketones is 1. The summed E-state index contributed by atoms with van der Waals surface area (Å²) in [6, 6.07) is 13.6. The highest BCUT2D eigenvalue weighted by atomic mass is 16.6. The number of methoxy groups -OCH3 is 1. The number of Topliss-reactive ketones (excluding diaryl/α,β-unsaturated/α-hetero) is 1. The number of hydrogen-bond donors (Lipinski definition) is 3. The SMILES string of the molecule is CC(=O)O.CC(=O)OC(C)=O.CC(CO)CO.CC1=CCC=C1.CC1CC(=O)C1(C)C.CC1CC(=O)OC(=O)C1.CC1CCC(=O)Oc2ccccc21.CC1CCC(C)(C)CC1.CN(C)C.COC.Cc1ccc2c(c1)CCCOC2=O. The van der Waals surface area contributed by atoms with Gasteiger partial charge in [0, 0.05) is 85.2 Å². The van der Waals surface area contributed by atoms with Crippen molar-refractivity contribution in [3.63, 3.8) is 0 Å². The third-order valence-corrected chi connectivity index (χ3v) is 13.0. The van der Waals surface area contributed by atoms with Crippen LogP contribution in [0.15, 0.2) is 66.3 Å². The molecular formula is C65H105NO16. The number of nitrogens with zero attached hydrogens (tertiary/aromatic N) is 1. The van der Waals surface area contributed by atoms with Crippen LogP contribution in [0.1, 0.15) is 194 Å². The van der Waals surface area contributed by atoms with E-state index in [4.69, 9.17) is 29.6 Å². The molecule has 0 spiro atoms. The Morgan fingerprint density at radius 2 is 1.26 bits per heavy atom. The molecule has 0 aromatic heterocycles. The second-order valence-electron chi connectivity index (χ2n) is 23.2. The molecule has 6 aliphatic rings. The fourth-order valence-corrected chi connectivity index (χ4v) is 7.45. The van der Waals surface area contributed by atoms with Gasteiger partial charge in [0.2, 0.25) is 0 Å². The van der Waals surface area contributed by atoms with Gasteiger partial charge in [-0.15, -0.1) is 0 Å². The summed E-state index contributed by atoms with van der Waals surface area (Å²) < 4.78 is 22.7. The summed E-state index contributed by atoms with van der Waals surface area (Å²) in [7, 11) is 9.25. The van der Waals surface area contributed by atoms with Gasteiger partial charge in [-0.1, -0.05) is 135 Å². The number of aliphatic hydroxyl groups excluding tert-OH is 2. The summed E-state index contributed by atoms with van der Waals surface area (Å²) in [6.45, 7) is 27.4. The highest BCUT2D eigenvalue weighted by Gasteiger charge is 2.43. The summed E-state index contributed by atoms with van der Waals surface area (Å²) >= 11 is 0. The molecule has 17 heteroatoms. The van der Waals surface area contributed by atoms with Crippen LogP contribution >= 0.6 is 0 Å². The van der Waals surface area contributed by atoms with Gasteiger partial charge in [0.25, 0.3) is 5.97 Å². The lowest BCUT2D eigenvalue weighted by Crippen LogP contribution is -2.43. The molecule has 0 radical (unpaired) electrons. The highest BCUT2D eigenvalue weighted by Crippen LogP contribution is 2.41. The number of benzene rings is 2. The van der Waals surface area contributed by atoms with Crippen LogP contribution < -0.4 is 4.74 Å². The molecule has 0 amide bonds. The molecule has 17 nitrogen and oxygen atoms in total. The van der Waals surface area contributed by atoms with Crippen LogP contribution in [0.5, 0.6) is 5.75 Å². The van der Waals surface area contributed by atoms with Gasteiger partial charge in [-0.3, -0.25) is 33.6 Å². The summed E-state index contributed by atoms with van der Waals surface area (Å²) in [5.41, 5.74) is 6.27. The van der Waals surface area contributed by atoms with Crippen molar-refractivity contribution in [3.8, 4) is 5.75 Å². The molecule has 2 saturated carbocycles. The molecule has 0 bridgehead atoms. The number of allylic oxidation sites excluding steroid dienone is 4. The van der Waals surface area contributed by atoms with Gasteiger partial charge in [-0.2, -0.15) is 0 Å². The first kappa shape index (κ1) is 80.3. The molecule has 2 aromatic carbocycles. The van der Waals surface area contributed by atoms with Crippen molar-refractivity contribution >= 4 is 47.6 Å². The lowest BCUT2D eigenvalue weighted by Gasteiger charge is -2.40. The molecule has 8 rings (SSSR count). The van der Waals surface area contributed by atoms with Gasteiger partial charge in [0.15, 0.2) is 0 Å². The van der Waals surface area contributed by atoms with E-state index in [2.05, 4.69) is 80.0 Å². The number of hydrogen-bond acceptors (Lipinski definition) is 16. The Morgan fingerprint density at radius 3 is 1.61 bits per heavy atom. The van der Waals surface area contributed by atoms with Crippen LogP contribution in [0.2, 0.25) is 0 Å². The van der Waals surface area contributed by atoms with E-state index in [0.717, 1.165) is 67.4 Å². The number of aliphatic hydroxyl groups is 2. The van der Waals surface area contributed by atoms with Gasteiger partial charge >= 0.3 is 35.8 Å². The van der Waals surface area contributed by atoms with E-state index in [0.29, 0.717) is 48.9 Å². The lowest BCUT2D eigenvalue weighted by atomic mass is 9.62. The minimum atomic E-state index is -0.833. The second-order valence-corrected chi connectivity index (χ2v) is 23.2. The van der Waals surface area contributed by atoms with Crippen LogP contribution in [-0.4, -0.2) is 123 Å². The monoisotopic (exact) mass is 1160 g/mol. The zero-order valence-corrected chi connectivity index (χ0v) is 53.4. The number of carbonyl (C=O) groups excluding carboxylic acids is 7. The van der Waals surface area contributed by atoms with E-state index in [1.165, 1.54) is 50.7 Å². The molecule has 2 atom stereocenters. The lowest BCUT2D eigenvalue weighted by molar-refractivity contribution is -0.165. The van der Waals surface area contributed by atoms with Crippen LogP contribution in [0.4, 0.5) is 0 Å². The Kier molecular flexibility index (Phi) is 43.8. The third kappa shape index (κ3) is 42.0. The maximum absolute atomic E-state index is 11.4. The van der Waals surface area contributed by atoms with Crippen molar-refractivity contribution in [2.45, 2.75) is 180 Å². The third-order valence-electron chi connectivity index (χ3n) is 13.0. The first-order valence-electron chi connectivity index (χ1n) is 28.4. The van der Waals surface area contributed by atoms with Crippen LogP contribution in [0, 0.1) is 41.4 Å². The minimum Gasteiger partial charge on any atom is -0.481 e. The largest absolute Gasteiger partial charge is 0.481 e. The normalized spacial score (nSPS) is 18.5. The predicted octanol–water partition coefficient (Wildman–Crippen LogP) is 12.0. The second kappa shape index (κ2) is 44.7. The Morgan fingerprint density at radius 1 is 0.744 bits per heavy atom. The number of ether oxygens (including phenoxy) is 5. The molecule has 2 aromatic rings. The average molecular weight is 1160 g/mol. The Balaban J connectivity index is -0.000000859. The topological polar surface area (TPSA) is 247 Å². The molecule has 3 heterocycles. The van der Waals surface area contributed by atoms with Gasteiger partial charge in [0.05, 0.1) is 12.2 Å². The zero-order chi connectivity index (χ0) is 63.8. The number of carbonyl (C=O) groups is 8. The van der Waals surface area contributed by atoms with E-state index < -0.39 is 29.8 Å². The summed E-state index contributed by atoms with van der Waals surface area (Å²) in [4.78, 5) is 84.8. The van der Waals surface area contributed by atoms with E-state index in [9.17, 15) is 33.6 Å². The summed E-state index contributed by atoms with van der Waals surface area (Å²) in [5, 5.41) is 23.8. The maximum atomic E-state index is 11.4. The number of para-hydroxylation sites is 1. The van der Waals surface area contributed by atoms with Crippen molar-refractivity contribution in [1.29, 1.82) is 0 Å². The van der Waals surface area contributed by atoms with Gasteiger partial charge < -0.3 is 43.9 Å². The highest BCUT2D eigenvalue weighted by molar-refractivity contribution is 5.91. The number of esters is 6. The van der Waals surface area contributed by atoms with E-state index in [1.54, 1.807) is 21.1 Å². The number of carboxylic acids is 1. The Bertz CT molecular complexity index is 2230. The zero-order valence-electron chi connectivity index (χ0n) is 53.4. The fourth-order valence-electron chi connectivity index (χ4n) is 7.45. The number of cyclic esters (lactones) is 3. The molecule has 1 saturated heterocycles. The van der Waals surface area contributed by atoms with Crippen molar-refractivity contribution in [3.05, 3.63) is 88.5 Å². The van der Waals surface area contributed by atoms with Crippen LogP contribution in [0.25, 0.3) is 0 Å². The number of rotatable bonds is 2. The number of aliphatic carboxylic acids is 1. The van der Waals surface area contributed by atoms with Crippen LogP contribution in [0.3, 0.4) is 0 Å². The molecule has 82 heavy (non-hydrogen) atoms. The van der Waals surface area contributed by atoms with Crippen molar-refractivity contribution < 1.29 is 77.4 Å². The molecule has 3 aliphatic carbocycles. The molecule has 3 N–H and O–H groups in total. The van der Waals surface area contributed by atoms with Crippen molar-refractivity contribution in [1.82, 2.24) is 4.90 Å². The van der Waals surface area contributed by atoms with Crippen molar-refractivity contribution in [2.75, 3.05) is 55.2 Å². The van der Waals surface area contributed by atoms with Gasteiger partial charge in [0.1, 0.15) is 11.5 Å². The van der Waals surface area contributed by atoms with Crippen LogP contribution in [-0.2, 0) is 58.9 Å².